The van der Waals surface area contributed by atoms with Crippen LogP contribution in [0.1, 0.15) is 20.3 Å². The largest absolute Gasteiger partial charge is 0.481 e. The number of rotatable bonds is 4. The van der Waals surface area contributed by atoms with E-state index in [4.69, 9.17) is 17.3 Å². The molecule has 1 aliphatic rings. The van der Waals surface area contributed by atoms with Gasteiger partial charge < -0.3 is 10.4 Å². The van der Waals surface area contributed by atoms with Crippen molar-refractivity contribution in [1.82, 2.24) is 10.2 Å². The van der Waals surface area contributed by atoms with Crippen molar-refractivity contribution in [1.29, 1.82) is 0 Å². The van der Waals surface area contributed by atoms with Gasteiger partial charge in [-0.05, 0) is 18.1 Å². The van der Waals surface area contributed by atoms with Crippen LogP contribution in [0.2, 0.25) is 0 Å². The van der Waals surface area contributed by atoms with Crippen LogP contribution in [0.25, 0.3) is 0 Å². The molecule has 1 amide bonds. The molecule has 84 valence electrons. The first-order valence-corrected chi connectivity index (χ1v) is 5.16. The van der Waals surface area contributed by atoms with E-state index < -0.39 is 12.0 Å². The van der Waals surface area contributed by atoms with E-state index in [-0.39, 0.29) is 12.3 Å². The summed E-state index contributed by atoms with van der Waals surface area (Å²) in [7, 11) is 0. The number of carboxylic acid groups (broad SMARTS) is 1. The number of amides is 1. The van der Waals surface area contributed by atoms with Gasteiger partial charge in [-0.3, -0.25) is 14.5 Å². The second kappa shape index (κ2) is 4.57. The van der Waals surface area contributed by atoms with Crippen LogP contribution in [0, 0.1) is 5.92 Å². The molecule has 1 heterocycles. The first-order chi connectivity index (χ1) is 6.91. The van der Waals surface area contributed by atoms with Crippen LogP contribution in [0.4, 0.5) is 0 Å². The molecule has 2 N–H and O–H groups in total. The standard InChI is InChI=1S/C9H14N2O3S/c1-5(2)4-11-8(14)6(3-7(12)13)10-9(11)15/h5-6H,3-4H2,1-2H3,(H,10,15)(H,12,13). The maximum Gasteiger partial charge on any atom is 0.305 e. The van der Waals surface area contributed by atoms with Gasteiger partial charge in [0.05, 0.1) is 6.42 Å². The van der Waals surface area contributed by atoms with Gasteiger partial charge in [-0.25, -0.2) is 0 Å². The Hall–Kier alpha value is -1.17. The lowest BCUT2D eigenvalue weighted by Crippen LogP contribution is -2.34. The molecule has 1 aliphatic heterocycles. The van der Waals surface area contributed by atoms with Crippen molar-refractivity contribution >= 4 is 29.2 Å². The minimum absolute atomic E-state index is 0.229. The summed E-state index contributed by atoms with van der Waals surface area (Å²) in [5.74, 6) is -0.941. The van der Waals surface area contributed by atoms with Crippen LogP contribution in [-0.4, -0.2) is 39.6 Å². The zero-order chi connectivity index (χ0) is 11.6. The Kier molecular flexibility index (Phi) is 3.62. The van der Waals surface area contributed by atoms with E-state index in [1.54, 1.807) is 0 Å². The third-order valence-corrected chi connectivity index (χ3v) is 2.37. The topological polar surface area (TPSA) is 69.6 Å². The van der Waals surface area contributed by atoms with Crippen LogP contribution in [-0.2, 0) is 9.59 Å². The van der Waals surface area contributed by atoms with Crippen molar-refractivity contribution in [2.24, 2.45) is 5.92 Å². The zero-order valence-corrected chi connectivity index (χ0v) is 9.50. The third kappa shape index (κ3) is 2.89. The highest BCUT2D eigenvalue weighted by Gasteiger charge is 2.36. The number of nitrogens with one attached hydrogen (secondary N) is 1. The number of hydrogen-bond donors (Lipinski definition) is 2. The lowest BCUT2D eigenvalue weighted by molar-refractivity contribution is -0.140. The molecular weight excluding hydrogens is 216 g/mol. The minimum atomic E-state index is -1.00. The Balaban J connectivity index is 2.66. The second-order valence-electron chi connectivity index (χ2n) is 3.94. The number of thiocarbonyl (C=S) groups is 1. The highest BCUT2D eigenvalue weighted by Crippen LogP contribution is 2.11. The summed E-state index contributed by atoms with van der Waals surface area (Å²) in [4.78, 5) is 23.6. The van der Waals surface area contributed by atoms with Gasteiger partial charge in [0, 0.05) is 6.54 Å². The van der Waals surface area contributed by atoms with Crippen molar-refractivity contribution < 1.29 is 14.7 Å². The lowest BCUT2D eigenvalue weighted by Gasteiger charge is -2.16. The highest BCUT2D eigenvalue weighted by molar-refractivity contribution is 7.80. The van der Waals surface area contributed by atoms with Gasteiger partial charge in [-0.1, -0.05) is 13.8 Å². The van der Waals surface area contributed by atoms with Gasteiger partial charge in [0.15, 0.2) is 5.11 Å². The average molecular weight is 230 g/mol. The molecule has 0 aliphatic carbocycles. The normalized spacial score (nSPS) is 21.0. The van der Waals surface area contributed by atoms with Gasteiger partial charge >= 0.3 is 5.97 Å². The van der Waals surface area contributed by atoms with Crippen molar-refractivity contribution in [3.05, 3.63) is 0 Å². The molecule has 5 nitrogen and oxygen atoms in total. The summed E-state index contributed by atoms with van der Waals surface area (Å²) < 4.78 is 0. The van der Waals surface area contributed by atoms with E-state index in [1.807, 2.05) is 13.8 Å². The Morgan fingerprint density at radius 3 is 2.73 bits per heavy atom. The Morgan fingerprint density at radius 1 is 1.67 bits per heavy atom. The SMILES string of the molecule is CC(C)CN1C(=O)C(CC(=O)O)NC1=S. The van der Waals surface area contributed by atoms with Crippen LogP contribution in [0.15, 0.2) is 0 Å². The van der Waals surface area contributed by atoms with Crippen molar-refractivity contribution in [3.63, 3.8) is 0 Å². The number of carbonyl (C=O) groups is 2. The van der Waals surface area contributed by atoms with Gasteiger partial charge in [0.25, 0.3) is 5.91 Å². The Morgan fingerprint density at radius 2 is 2.27 bits per heavy atom. The van der Waals surface area contributed by atoms with Crippen molar-refractivity contribution in [3.8, 4) is 0 Å². The van der Waals surface area contributed by atoms with Crippen LogP contribution in [0.3, 0.4) is 0 Å². The molecule has 0 aromatic rings. The zero-order valence-electron chi connectivity index (χ0n) is 8.69. The summed E-state index contributed by atoms with van der Waals surface area (Å²) in [6.07, 6.45) is -0.229. The molecule has 15 heavy (non-hydrogen) atoms. The molecule has 0 aromatic carbocycles. The summed E-state index contributed by atoms with van der Waals surface area (Å²) in [5, 5.41) is 11.6. The quantitative estimate of drug-likeness (QED) is 0.675. The summed E-state index contributed by atoms with van der Waals surface area (Å²) in [6.45, 7) is 4.47. The molecular formula is C9H14N2O3S. The minimum Gasteiger partial charge on any atom is -0.481 e. The van der Waals surface area contributed by atoms with E-state index in [2.05, 4.69) is 5.32 Å². The molecule has 1 fully saturated rings. The predicted octanol–water partition coefficient (Wildman–Crippen LogP) is 0.202. The smallest absolute Gasteiger partial charge is 0.305 e. The van der Waals surface area contributed by atoms with Crippen molar-refractivity contribution in [2.75, 3.05) is 6.54 Å². The van der Waals surface area contributed by atoms with E-state index in [0.717, 1.165) is 0 Å². The van der Waals surface area contributed by atoms with Gasteiger partial charge in [0.2, 0.25) is 0 Å². The van der Waals surface area contributed by atoms with E-state index >= 15 is 0 Å². The molecule has 6 heteroatoms. The van der Waals surface area contributed by atoms with Gasteiger partial charge in [-0.15, -0.1) is 0 Å². The Bertz CT molecular complexity index is 304. The molecule has 1 atom stereocenters. The number of aliphatic carboxylic acids is 1. The van der Waals surface area contributed by atoms with Gasteiger partial charge in [-0.2, -0.15) is 0 Å². The fourth-order valence-electron chi connectivity index (χ4n) is 1.43. The molecule has 0 aromatic heterocycles. The van der Waals surface area contributed by atoms with Crippen LogP contribution >= 0.6 is 12.2 Å². The monoisotopic (exact) mass is 230 g/mol. The maximum atomic E-state index is 11.7. The highest BCUT2D eigenvalue weighted by atomic mass is 32.1. The fourth-order valence-corrected chi connectivity index (χ4v) is 1.73. The molecule has 1 saturated heterocycles. The predicted molar refractivity (Wildman–Crippen MR) is 58.3 cm³/mol. The van der Waals surface area contributed by atoms with E-state index in [9.17, 15) is 9.59 Å². The van der Waals surface area contributed by atoms with E-state index in [0.29, 0.717) is 17.6 Å². The molecule has 1 unspecified atom stereocenters. The van der Waals surface area contributed by atoms with E-state index in [1.165, 1.54) is 4.90 Å². The average Bonchev–Trinajstić information content (AvgIpc) is 2.31. The Labute approximate surface area is 93.4 Å². The fraction of sp³-hybridized carbons (Fsp3) is 0.667. The molecule has 0 radical (unpaired) electrons. The number of carbonyl (C=O) groups excluding carboxylic acids is 1. The molecule has 0 saturated carbocycles. The van der Waals surface area contributed by atoms with Crippen LogP contribution in [0.5, 0.6) is 0 Å². The summed E-state index contributed by atoms with van der Waals surface area (Å²) in [5.41, 5.74) is 0. The number of carboxylic acids is 1. The van der Waals surface area contributed by atoms with Crippen LogP contribution < -0.4 is 5.32 Å². The lowest BCUT2D eigenvalue weighted by atomic mass is 10.2. The third-order valence-electron chi connectivity index (χ3n) is 2.03. The molecule has 0 bridgehead atoms. The van der Waals surface area contributed by atoms with Gasteiger partial charge in [0.1, 0.15) is 6.04 Å². The number of nitrogens with zero attached hydrogens (tertiary/aromatic N) is 1. The number of hydrogen-bond acceptors (Lipinski definition) is 3. The summed E-state index contributed by atoms with van der Waals surface area (Å²) >= 11 is 4.97. The first kappa shape index (κ1) is 11.9. The molecule has 0 spiro atoms. The molecule has 1 rings (SSSR count). The maximum absolute atomic E-state index is 11.7. The second-order valence-corrected chi connectivity index (χ2v) is 4.33. The van der Waals surface area contributed by atoms with Crippen molar-refractivity contribution in [2.45, 2.75) is 26.3 Å². The summed E-state index contributed by atoms with van der Waals surface area (Å²) in [6, 6.07) is -0.700. The first-order valence-electron chi connectivity index (χ1n) is 4.75.